The van der Waals surface area contributed by atoms with E-state index in [-0.39, 0.29) is 23.7 Å². The van der Waals surface area contributed by atoms with Gasteiger partial charge in [0.25, 0.3) is 0 Å². The van der Waals surface area contributed by atoms with Gasteiger partial charge in [0.2, 0.25) is 5.91 Å². The van der Waals surface area contributed by atoms with Crippen molar-refractivity contribution in [3.05, 3.63) is 71.5 Å². The fourth-order valence-electron chi connectivity index (χ4n) is 3.56. The fraction of sp³-hybridized carbons (Fsp3) is 0.381. The van der Waals surface area contributed by atoms with Crippen molar-refractivity contribution in [3.8, 4) is 0 Å². The van der Waals surface area contributed by atoms with E-state index in [0.29, 0.717) is 5.92 Å². The van der Waals surface area contributed by atoms with Crippen LogP contribution in [0.1, 0.15) is 30.5 Å². The number of likely N-dealkylation sites (tertiary alicyclic amines) is 1. The molecule has 0 spiro atoms. The second kappa shape index (κ2) is 7.79. The van der Waals surface area contributed by atoms with E-state index in [1.165, 1.54) is 12.1 Å². The SMILES string of the molecule is CC(C(=O)N1CCC(Cc2ccc(F)cc2)C1)C(N)c1ccccc1. The van der Waals surface area contributed by atoms with Gasteiger partial charge in [0.15, 0.2) is 0 Å². The largest absolute Gasteiger partial charge is 0.342 e. The van der Waals surface area contributed by atoms with Crippen LogP contribution in [0.3, 0.4) is 0 Å². The molecule has 2 aromatic carbocycles. The van der Waals surface area contributed by atoms with Crippen LogP contribution in [0.15, 0.2) is 54.6 Å². The lowest BCUT2D eigenvalue weighted by Crippen LogP contribution is -2.38. The summed E-state index contributed by atoms with van der Waals surface area (Å²) >= 11 is 0. The molecule has 1 aliphatic rings. The minimum Gasteiger partial charge on any atom is -0.342 e. The van der Waals surface area contributed by atoms with Crippen molar-refractivity contribution in [2.75, 3.05) is 13.1 Å². The Morgan fingerprint density at radius 1 is 1.20 bits per heavy atom. The lowest BCUT2D eigenvalue weighted by atomic mass is 9.94. The predicted octanol–water partition coefficient (Wildman–Crippen LogP) is 3.55. The van der Waals surface area contributed by atoms with Crippen LogP contribution < -0.4 is 5.73 Å². The molecule has 0 saturated carbocycles. The minimum atomic E-state index is -0.287. The van der Waals surface area contributed by atoms with E-state index in [9.17, 15) is 9.18 Å². The van der Waals surface area contributed by atoms with Gasteiger partial charge >= 0.3 is 0 Å². The zero-order chi connectivity index (χ0) is 17.8. The van der Waals surface area contributed by atoms with Crippen LogP contribution in [0, 0.1) is 17.7 Å². The summed E-state index contributed by atoms with van der Waals surface area (Å²) in [6.45, 7) is 3.44. The van der Waals surface area contributed by atoms with E-state index in [2.05, 4.69) is 0 Å². The van der Waals surface area contributed by atoms with Crippen LogP contribution >= 0.6 is 0 Å². The van der Waals surface area contributed by atoms with Gasteiger partial charge in [0.1, 0.15) is 5.82 Å². The van der Waals surface area contributed by atoms with E-state index in [1.54, 1.807) is 0 Å². The second-order valence-electron chi connectivity index (χ2n) is 6.99. The summed E-state index contributed by atoms with van der Waals surface area (Å²) in [5, 5.41) is 0. The summed E-state index contributed by atoms with van der Waals surface area (Å²) in [5.41, 5.74) is 8.41. The third-order valence-corrected chi connectivity index (χ3v) is 5.15. The number of nitrogens with two attached hydrogens (primary N) is 1. The first-order valence-corrected chi connectivity index (χ1v) is 8.88. The molecule has 3 rings (SSSR count). The Bertz CT molecular complexity index is 702. The standard InChI is InChI=1S/C21H25FN2O/c1-15(20(23)18-5-3-2-4-6-18)21(25)24-12-11-17(14-24)13-16-7-9-19(22)10-8-16/h2-10,15,17,20H,11-14,23H2,1H3. The first kappa shape index (κ1) is 17.6. The molecule has 25 heavy (non-hydrogen) atoms. The summed E-state index contributed by atoms with van der Waals surface area (Å²) < 4.78 is 13.0. The van der Waals surface area contributed by atoms with Gasteiger partial charge in [0.05, 0.1) is 5.92 Å². The number of carbonyl (C=O) groups excluding carboxylic acids is 1. The Hall–Kier alpha value is -2.20. The molecular formula is C21H25FN2O. The van der Waals surface area contributed by atoms with Gasteiger partial charge in [0, 0.05) is 19.1 Å². The van der Waals surface area contributed by atoms with Gasteiger partial charge in [-0.3, -0.25) is 4.79 Å². The third-order valence-electron chi connectivity index (χ3n) is 5.15. The second-order valence-corrected chi connectivity index (χ2v) is 6.99. The van der Waals surface area contributed by atoms with Gasteiger partial charge in [-0.15, -0.1) is 0 Å². The number of amides is 1. The molecule has 1 aliphatic heterocycles. The van der Waals surface area contributed by atoms with E-state index < -0.39 is 0 Å². The molecule has 2 N–H and O–H groups in total. The van der Waals surface area contributed by atoms with Gasteiger partial charge < -0.3 is 10.6 Å². The highest BCUT2D eigenvalue weighted by Crippen LogP contribution is 2.26. The van der Waals surface area contributed by atoms with Crippen molar-refractivity contribution in [3.63, 3.8) is 0 Å². The van der Waals surface area contributed by atoms with Crippen LogP contribution in [0.25, 0.3) is 0 Å². The highest BCUT2D eigenvalue weighted by molar-refractivity contribution is 5.79. The number of halogens is 1. The summed E-state index contributed by atoms with van der Waals surface area (Å²) in [7, 11) is 0. The van der Waals surface area contributed by atoms with E-state index in [1.807, 2.05) is 54.3 Å². The highest BCUT2D eigenvalue weighted by Gasteiger charge is 2.31. The Morgan fingerprint density at radius 3 is 2.56 bits per heavy atom. The molecule has 1 amide bonds. The molecular weight excluding hydrogens is 315 g/mol. The Morgan fingerprint density at radius 2 is 1.88 bits per heavy atom. The first-order valence-electron chi connectivity index (χ1n) is 8.88. The maximum atomic E-state index is 13.0. The fourth-order valence-corrected chi connectivity index (χ4v) is 3.56. The maximum absolute atomic E-state index is 13.0. The first-order chi connectivity index (χ1) is 12.0. The molecule has 1 saturated heterocycles. The number of benzene rings is 2. The van der Waals surface area contributed by atoms with Crippen LogP contribution in [-0.2, 0) is 11.2 Å². The summed E-state index contributed by atoms with van der Waals surface area (Å²) in [5.74, 6) is 0.0928. The van der Waals surface area contributed by atoms with Gasteiger partial charge in [-0.25, -0.2) is 4.39 Å². The van der Waals surface area contributed by atoms with Crippen molar-refractivity contribution in [1.82, 2.24) is 4.90 Å². The van der Waals surface area contributed by atoms with Crippen LogP contribution in [0.5, 0.6) is 0 Å². The lowest BCUT2D eigenvalue weighted by molar-refractivity contribution is -0.134. The number of hydrogen-bond acceptors (Lipinski definition) is 2. The summed E-state index contributed by atoms with van der Waals surface area (Å²) in [4.78, 5) is 14.7. The maximum Gasteiger partial charge on any atom is 0.227 e. The van der Waals surface area contributed by atoms with Gasteiger partial charge in [-0.2, -0.15) is 0 Å². The number of nitrogens with zero attached hydrogens (tertiary/aromatic N) is 1. The number of hydrogen-bond donors (Lipinski definition) is 1. The average molecular weight is 340 g/mol. The average Bonchev–Trinajstić information content (AvgIpc) is 3.11. The zero-order valence-electron chi connectivity index (χ0n) is 14.6. The van der Waals surface area contributed by atoms with Crippen LogP contribution in [-0.4, -0.2) is 23.9 Å². The Balaban J connectivity index is 1.57. The molecule has 0 aromatic heterocycles. The molecule has 3 unspecified atom stereocenters. The van der Waals surface area contributed by atoms with Crippen molar-refractivity contribution in [1.29, 1.82) is 0 Å². The topological polar surface area (TPSA) is 46.3 Å². The molecule has 0 radical (unpaired) electrons. The van der Waals surface area contributed by atoms with Crippen molar-refractivity contribution >= 4 is 5.91 Å². The lowest BCUT2D eigenvalue weighted by Gasteiger charge is -2.25. The third kappa shape index (κ3) is 4.26. The van der Waals surface area contributed by atoms with Crippen LogP contribution in [0.2, 0.25) is 0 Å². The van der Waals surface area contributed by atoms with E-state index in [4.69, 9.17) is 5.73 Å². The normalized spacial score (nSPS) is 19.6. The van der Waals surface area contributed by atoms with Gasteiger partial charge in [-0.05, 0) is 42.0 Å². The molecule has 1 fully saturated rings. The van der Waals surface area contributed by atoms with Crippen molar-refractivity contribution in [2.24, 2.45) is 17.6 Å². The Kier molecular flexibility index (Phi) is 5.49. The molecule has 2 aromatic rings. The highest BCUT2D eigenvalue weighted by atomic mass is 19.1. The Labute approximate surface area is 148 Å². The smallest absolute Gasteiger partial charge is 0.227 e. The van der Waals surface area contributed by atoms with Crippen molar-refractivity contribution < 1.29 is 9.18 Å². The summed E-state index contributed by atoms with van der Waals surface area (Å²) in [6.07, 6.45) is 1.86. The molecule has 3 nitrogen and oxygen atoms in total. The van der Waals surface area contributed by atoms with Crippen LogP contribution in [0.4, 0.5) is 4.39 Å². The minimum absolute atomic E-state index is 0.123. The molecule has 3 atom stereocenters. The molecule has 4 heteroatoms. The zero-order valence-corrected chi connectivity index (χ0v) is 14.6. The van der Waals surface area contributed by atoms with E-state index in [0.717, 1.165) is 37.1 Å². The van der Waals surface area contributed by atoms with Gasteiger partial charge in [-0.1, -0.05) is 49.4 Å². The van der Waals surface area contributed by atoms with E-state index >= 15 is 0 Å². The monoisotopic (exact) mass is 340 g/mol. The molecule has 1 heterocycles. The van der Waals surface area contributed by atoms with Crippen molar-refractivity contribution in [2.45, 2.75) is 25.8 Å². The quantitative estimate of drug-likeness (QED) is 0.905. The predicted molar refractivity (Wildman–Crippen MR) is 97.3 cm³/mol. The number of rotatable bonds is 5. The summed E-state index contributed by atoms with van der Waals surface area (Å²) in [6, 6.07) is 16.1. The molecule has 132 valence electrons. The number of carbonyl (C=O) groups is 1. The molecule has 0 bridgehead atoms. The molecule has 0 aliphatic carbocycles.